The highest BCUT2D eigenvalue weighted by Gasteiger charge is 2.02. The van der Waals surface area contributed by atoms with E-state index in [1.54, 1.807) is 36.8 Å². The molecule has 0 amide bonds. The Bertz CT molecular complexity index is 735. The molecule has 0 saturated carbocycles. The van der Waals surface area contributed by atoms with Crippen LogP contribution in [0.3, 0.4) is 0 Å². The van der Waals surface area contributed by atoms with Crippen LogP contribution in [0.2, 0.25) is 0 Å². The number of nitrogens with zero attached hydrogens (tertiary/aromatic N) is 3. The van der Waals surface area contributed by atoms with Crippen LogP contribution in [0.25, 0.3) is 0 Å². The lowest BCUT2D eigenvalue weighted by Gasteiger charge is -2.07. The first kappa shape index (κ1) is 13.9. The molecule has 1 aromatic carbocycles. The van der Waals surface area contributed by atoms with Crippen molar-refractivity contribution in [1.82, 2.24) is 15.0 Å². The van der Waals surface area contributed by atoms with Crippen molar-refractivity contribution in [3.8, 4) is 11.6 Å². The number of hydrogen-bond acceptors (Lipinski definition) is 5. The molecule has 0 aliphatic carbocycles. The van der Waals surface area contributed by atoms with Crippen molar-refractivity contribution in [1.29, 1.82) is 0 Å². The van der Waals surface area contributed by atoms with Crippen LogP contribution >= 0.6 is 0 Å². The lowest BCUT2D eigenvalue weighted by Crippen LogP contribution is -2.04. The Morgan fingerprint density at radius 2 is 1.73 bits per heavy atom. The van der Waals surface area contributed by atoms with Gasteiger partial charge in [-0.25, -0.2) is 9.37 Å². The van der Waals surface area contributed by atoms with E-state index >= 15 is 0 Å². The summed E-state index contributed by atoms with van der Waals surface area (Å²) in [6.45, 7) is 0.586. The van der Waals surface area contributed by atoms with Gasteiger partial charge in [0, 0.05) is 31.2 Å². The van der Waals surface area contributed by atoms with Crippen molar-refractivity contribution in [3.63, 3.8) is 0 Å². The fourth-order valence-electron chi connectivity index (χ4n) is 1.79. The molecule has 2 heterocycles. The van der Waals surface area contributed by atoms with E-state index in [0.717, 1.165) is 5.56 Å². The number of anilines is 1. The van der Waals surface area contributed by atoms with E-state index < -0.39 is 0 Å². The van der Waals surface area contributed by atoms with Gasteiger partial charge in [-0.1, -0.05) is 0 Å². The second-order valence-corrected chi connectivity index (χ2v) is 4.48. The van der Waals surface area contributed by atoms with Gasteiger partial charge < -0.3 is 10.1 Å². The molecule has 0 atom stereocenters. The van der Waals surface area contributed by atoms with Gasteiger partial charge in [-0.3, -0.25) is 4.98 Å². The van der Waals surface area contributed by atoms with E-state index in [1.807, 2.05) is 12.1 Å². The van der Waals surface area contributed by atoms with Gasteiger partial charge in [-0.2, -0.15) is 4.98 Å². The molecular weight excluding hydrogens is 283 g/mol. The predicted octanol–water partition coefficient (Wildman–Crippen LogP) is 3.42. The molecule has 0 unspecified atom stereocenters. The zero-order chi connectivity index (χ0) is 15.2. The summed E-state index contributed by atoms with van der Waals surface area (Å²) in [5.41, 5.74) is 1.07. The maximum absolute atomic E-state index is 12.9. The minimum absolute atomic E-state index is 0.310. The topological polar surface area (TPSA) is 59.9 Å². The molecule has 0 aliphatic rings. The molecule has 3 aromatic rings. The Hall–Kier alpha value is -3.02. The maximum Gasteiger partial charge on any atom is 0.226 e. The number of ether oxygens (including phenoxy) is 1. The summed E-state index contributed by atoms with van der Waals surface area (Å²) in [5.74, 6) is 1.05. The smallest absolute Gasteiger partial charge is 0.226 e. The van der Waals surface area contributed by atoms with Gasteiger partial charge in [0.1, 0.15) is 11.6 Å². The molecule has 22 heavy (non-hydrogen) atoms. The molecule has 0 fully saturated rings. The third-order valence-corrected chi connectivity index (χ3v) is 2.87. The first-order valence-electron chi connectivity index (χ1n) is 6.69. The van der Waals surface area contributed by atoms with E-state index in [-0.39, 0.29) is 5.82 Å². The van der Waals surface area contributed by atoms with Crippen molar-refractivity contribution >= 4 is 5.95 Å². The van der Waals surface area contributed by atoms with E-state index in [9.17, 15) is 4.39 Å². The predicted molar refractivity (Wildman–Crippen MR) is 80.1 cm³/mol. The lowest BCUT2D eigenvalue weighted by molar-refractivity contribution is 0.460. The van der Waals surface area contributed by atoms with Gasteiger partial charge in [-0.15, -0.1) is 0 Å². The van der Waals surface area contributed by atoms with Gasteiger partial charge >= 0.3 is 0 Å². The Morgan fingerprint density at radius 3 is 2.50 bits per heavy atom. The average molecular weight is 296 g/mol. The number of pyridine rings is 1. The van der Waals surface area contributed by atoms with Gasteiger partial charge in [0.15, 0.2) is 0 Å². The van der Waals surface area contributed by atoms with Gasteiger partial charge in [-0.05, 0) is 42.0 Å². The van der Waals surface area contributed by atoms with E-state index in [4.69, 9.17) is 4.74 Å². The van der Waals surface area contributed by atoms with E-state index in [2.05, 4.69) is 20.3 Å². The van der Waals surface area contributed by atoms with Crippen LogP contribution in [0.4, 0.5) is 10.3 Å². The normalized spacial score (nSPS) is 10.2. The van der Waals surface area contributed by atoms with Gasteiger partial charge in [0.2, 0.25) is 11.8 Å². The molecule has 0 saturated heterocycles. The third-order valence-electron chi connectivity index (χ3n) is 2.87. The van der Waals surface area contributed by atoms with Crippen LogP contribution in [-0.2, 0) is 6.54 Å². The monoisotopic (exact) mass is 296 g/mol. The number of hydrogen-bond donors (Lipinski definition) is 1. The quantitative estimate of drug-likeness (QED) is 0.781. The molecular formula is C16H13FN4O. The van der Waals surface area contributed by atoms with Crippen molar-refractivity contribution in [2.45, 2.75) is 6.54 Å². The number of halogens is 1. The first-order valence-corrected chi connectivity index (χ1v) is 6.69. The van der Waals surface area contributed by atoms with Crippen LogP contribution in [-0.4, -0.2) is 15.0 Å². The summed E-state index contributed by atoms with van der Waals surface area (Å²) in [6.07, 6.45) is 5.05. The highest BCUT2D eigenvalue weighted by Crippen LogP contribution is 2.20. The van der Waals surface area contributed by atoms with Crippen molar-refractivity contribution < 1.29 is 9.13 Å². The Balaban J connectivity index is 1.66. The first-order chi connectivity index (χ1) is 10.8. The number of benzene rings is 1. The molecule has 0 radical (unpaired) electrons. The molecule has 0 aliphatic heterocycles. The van der Waals surface area contributed by atoms with E-state index in [0.29, 0.717) is 24.1 Å². The minimum Gasteiger partial charge on any atom is -0.439 e. The molecule has 5 nitrogen and oxygen atoms in total. The minimum atomic E-state index is -0.310. The van der Waals surface area contributed by atoms with Crippen LogP contribution < -0.4 is 10.1 Å². The van der Waals surface area contributed by atoms with Crippen molar-refractivity contribution in [3.05, 3.63) is 72.4 Å². The molecule has 2 aromatic heterocycles. The van der Waals surface area contributed by atoms with Crippen molar-refractivity contribution in [2.24, 2.45) is 0 Å². The highest BCUT2D eigenvalue weighted by atomic mass is 19.1. The Kier molecular flexibility index (Phi) is 4.20. The fraction of sp³-hybridized carbons (Fsp3) is 0.0625. The summed E-state index contributed by atoms with van der Waals surface area (Å²) in [5, 5.41) is 3.11. The molecule has 6 heteroatoms. The molecule has 0 spiro atoms. The largest absolute Gasteiger partial charge is 0.439 e. The summed E-state index contributed by atoms with van der Waals surface area (Å²) in [6, 6.07) is 11.2. The molecule has 3 rings (SSSR count). The molecule has 1 N–H and O–H groups in total. The summed E-state index contributed by atoms with van der Waals surface area (Å²) in [7, 11) is 0. The Morgan fingerprint density at radius 1 is 0.955 bits per heavy atom. The lowest BCUT2D eigenvalue weighted by atomic mass is 10.3. The zero-order valence-corrected chi connectivity index (χ0v) is 11.6. The van der Waals surface area contributed by atoms with Crippen LogP contribution in [0.1, 0.15) is 5.56 Å². The number of rotatable bonds is 5. The Labute approximate surface area is 126 Å². The number of aromatic nitrogens is 3. The maximum atomic E-state index is 12.9. The summed E-state index contributed by atoms with van der Waals surface area (Å²) >= 11 is 0. The fourth-order valence-corrected chi connectivity index (χ4v) is 1.79. The SMILES string of the molecule is Fc1ccc(Oc2ccnc(NCc3ccncc3)n2)cc1. The summed E-state index contributed by atoms with van der Waals surface area (Å²) < 4.78 is 18.4. The van der Waals surface area contributed by atoms with Crippen molar-refractivity contribution in [2.75, 3.05) is 5.32 Å². The second-order valence-electron chi connectivity index (χ2n) is 4.48. The van der Waals surface area contributed by atoms with Gasteiger partial charge in [0.25, 0.3) is 0 Å². The average Bonchev–Trinajstić information content (AvgIpc) is 2.57. The van der Waals surface area contributed by atoms with Crippen LogP contribution in [0.15, 0.2) is 61.1 Å². The molecule has 110 valence electrons. The second kappa shape index (κ2) is 6.62. The standard InChI is InChI=1S/C16H13FN4O/c17-13-1-3-14(4-2-13)22-15-7-10-19-16(21-15)20-11-12-5-8-18-9-6-12/h1-10H,11H2,(H,19,20,21). The summed E-state index contributed by atoms with van der Waals surface area (Å²) in [4.78, 5) is 12.3. The van der Waals surface area contributed by atoms with Crippen LogP contribution in [0.5, 0.6) is 11.6 Å². The number of nitrogens with one attached hydrogen (secondary N) is 1. The van der Waals surface area contributed by atoms with E-state index in [1.165, 1.54) is 12.1 Å². The van der Waals surface area contributed by atoms with Gasteiger partial charge in [0.05, 0.1) is 0 Å². The third kappa shape index (κ3) is 3.76. The molecule has 0 bridgehead atoms. The van der Waals surface area contributed by atoms with Crippen LogP contribution in [0, 0.1) is 5.82 Å². The zero-order valence-electron chi connectivity index (χ0n) is 11.6. The highest BCUT2D eigenvalue weighted by molar-refractivity contribution is 5.32.